The van der Waals surface area contributed by atoms with Crippen molar-refractivity contribution in [3.63, 3.8) is 0 Å². The molecule has 0 aromatic heterocycles. The molecule has 0 spiro atoms. The highest BCUT2D eigenvalue weighted by Gasteiger charge is 2.18. The second kappa shape index (κ2) is 9.71. The maximum Gasteiger partial charge on any atom is 0.252 e. The van der Waals surface area contributed by atoms with Crippen LogP contribution in [0.5, 0.6) is 0 Å². The normalized spacial score (nSPS) is 12.0. The molecule has 0 heterocycles. The average Bonchev–Trinajstić information content (AvgIpc) is 2.65. The number of halogens is 1. The molecule has 2 rings (SSSR count). The predicted molar refractivity (Wildman–Crippen MR) is 114 cm³/mol. The van der Waals surface area contributed by atoms with Crippen LogP contribution < -0.4 is 10.6 Å². The zero-order chi connectivity index (χ0) is 20.8. The van der Waals surface area contributed by atoms with Gasteiger partial charge in [-0.3, -0.25) is 9.59 Å². The van der Waals surface area contributed by atoms with Crippen molar-refractivity contribution in [3.8, 4) is 0 Å². The lowest BCUT2D eigenvalue weighted by Gasteiger charge is -2.26. The first-order valence-corrected chi connectivity index (χ1v) is 9.63. The van der Waals surface area contributed by atoms with Gasteiger partial charge in [0.2, 0.25) is 0 Å². The zero-order valence-corrected chi connectivity index (χ0v) is 17.9. The van der Waals surface area contributed by atoms with Crippen LogP contribution in [0.2, 0.25) is 5.02 Å². The quantitative estimate of drug-likeness (QED) is 0.748. The van der Waals surface area contributed by atoms with E-state index in [2.05, 4.69) is 15.5 Å². The number of rotatable bonds is 7. The van der Waals surface area contributed by atoms with Gasteiger partial charge in [-0.1, -0.05) is 23.7 Å². The maximum absolute atomic E-state index is 12.5. The number of nitrogens with zero attached hydrogens (tertiary/aromatic N) is 1. The van der Waals surface area contributed by atoms with Crippen molar-refractivity contribution in [1.82, 2.24) is 15.5 Å². The number of likely N-dealkylation sites (N-methyl/N-ethyl adjacent to an activating group) is 1. The molecule has 0 fully saturated rings. The van der Waals surface area contributed by atoms with E-state index >= 15 is 0 Å². The van der Waals surface area contributed by atoms with E-state index in [9.17, 15) is 9.59 Å². The molecule has 0 bridgehead atoms. The average molecular weight is 402 g/mol. The summed E-state index contributed by atoms with van der Waals surface area (Å²) >= 11 is 6.12. The fourth-order valence-corrected chi connectivity index (χ4v) is 3.44. The minimum absolute atomic E-state index is 0.0890. The third-order valence-electron chi connectivity index (χ3n) is 4.97. The third-order valence-corrected chi connectivity index (χ3v) is 5.30. The molecule has 1 unspecified atom stereocenters. The first-order valence-electron chi connectivity index (χ1n) is 9.26. The summed E-state index contributed by atoms with van der Waals surface area (Å²) in [6, 6.07) is 11.0. The molecule has 0 saturated heterocycles. The number of benzene rings is 2. The minimum atomic E-state index is -0.180. The van der Waals surface area contributed by atoms with E-state index in [-0.39, 0.29) is 17.9 Å². The van der Waals surface area contributed by atoms with Crippen LogP contribution in [0, 0.1) is 13.8 Å². The molecule has 0 radical (unpaired) electrons. The van der Waals surface area contributed by atoms with Crippen molar-refractivity contribution in [2.75, 3.05) is 27.7 Å². The van der Waals surface area contributed by atoms with Gasteiger partial charge < -0.3 is 15.5 Å². The molecule has 2 N–H and O–H groups in total. The van der Waals surface area contributed by atoms with Crippen LogP contribution in [0.25, 0.3) is 0 Å². The Kier molecular flexibility index (Phi) is 7.61. The van der Waals surface area contributed by atoms with Gasteiger partial charge in [-0.15, -0.1) is 0 Å². The number of nitrogens with one attached hydrogen (secondary N) is 2. The Balaban J connectivity index is 2.14. The number of aryl methyl sites for hydroxylation is 2. The van der Waals surface area contributed by atoms with E-state index < -0.39 is 0 Å². The van der Waals surface area contributed by atoms with Gasteiger partial charge in [0.25, 0.3) is 11.8 Å². The van der Waals surface area contributed by atoms with Gasteiger partial charge in [-0.05, 0) is 75.3 Å². The Morgan fingerprint density at radius 3 is 2.21 bits per heavy atom. The highest BCUT2D eigenvalue weighted by atomic mass is 35.5. The molecular weight excluding hydrogens is 374 g/mol. The molecule has 6 heteroatoms. The molecule has 2 aromatic rings. The van der Waals surface area contributed by atoms with Crippen molar-refractivity contribution in [2.45, 2.75) is 26.3 Å². The second-order valence-electron chi connectivity index (χ2n) is 7.18. The number of hydrogen-bond donors (Lipinski definition) is 2. The number of carbonyl (C=O) groups excluding carboxylic acids is 2. The fourth-order valence-electron chi connectivity index (χ4n) is 3.21. The fraction of sp³-hybridized carbons (Fsp3) is 0.364. The number of amides is 2. The Hall–Kier alpha value is -2.37. The van der Waals surface area contributed by atoms with Crippen LogP contribution in [0.4, 0.5) is 0 Å². The summed E-state index contributed by atoms with van der Waals surface area (Å²) < 4.78 is 0. The maximum atomic E-state index is 12.5. The zero-order valence-electron chi connectivity index (χ0n) is 17.1. The summed E-state index contributed by atoms with van der Waals surface area (Å²) in [5, 5.41) is 6.09. The number of carbonyl (C=O) groups is 2. The van der Waals surface area contributed by atoms with Crippen LogP contribution in [-0.2, 0) is 6.42 Å². The van der Waals surface area contributed by atoms with E-state index in [1.807, 2.05) is 40.1 Å². The van der Waals surface area contributed by atoms with Gasteiger partial charge in [0.15, 0.2) is 0 Å². The van der Waals surface area contributed by atoms with E-state index in [1.54, 1.807) is 31.3 Å². The Morgan fingerprint density at radius 2 is 1.68 bits per heavy atom. The van der Waals surface area contributed by atoms with E-state index in [1.165, 1.54) is 5.56 Å². The van der Waals surface area contributed by atoms with Crippen molar-refractivity contribution in [2.24, 2.45) is 0 Å². The van der Waals surface area contributed by atoms with Gasteiger partial charge in [0, 0.05) is 25.2 Å². The lowest BCUT2D eigenvalue weighted by Crippen LogP contribution is -2.42. The highest BCUT2D eigenvalue weighted by Crippen LogP contribution is 2.20. The molecule has 0 saturated carbocycles. The Bertz CT molecular complexity index is 842. The lowest BCUT2D eigenvalue weighted by atomic mass is 9.93. The van der Waals surface area contributed by atoms with Crippen molar-refractivity contribution in [3.05, 3.63) is 69.2 Å². The predicted octanol–water partition coefficient (Wildman–Crippen LogP) is 3.22. The molecule has 2 aromatic carbocycles. The van der Waals surface area contributed by atoms with E-state index in [0.717, 1.165) is 17.5 Å². The van der Waals surface area contributed by atoms with Gasteiger partial charge in [0.05, 0.1) is 10.6 Å². The highest BCUT2D eigenvalue weighted by molar-refractivity contribution is 6.33. The van der Waals surface area contributed by atoms with Crippen molar-refractivity contribution < 1.29 is 9.59 Å². The summed E-state index contributed by atoms with van der Waals surface area (Å²) in [6.07, 6.45) is 0.765. The van der Waals surface area contributed by atoms with Crippen LogP contribution in [-0.4, -0.2) is 50.4 Å². The number of hydrogen-bond acceptors (Lipinski definition) is 3. The van der Waals surface area contributed by atoms with Crippen LogP contribution >= 0.6 is 11.6 Å². The van der Waals surface area contributed by atoms with E-state index in [0.29, 0.717) is 22.7 Å². The molecule has 0 aliphatic heterocycles. The van der Waals surface area contributed by atoms with Crippen LogP contribution in [0.15, 0.2) is 36.4 Å². The largest absolute Gasteiger partial charge is 0.355 e. The van der Waals surface area contributed by atoms with E-state index in [4.69, 9.17) is 11.6 Å². The summed E-state index contributed by atoms with van der Waals surface area (Å²) in [6.45, 7) is 4.53. The minimum Gasteiger partial charge on any atom is -0.355 e. The van der Waals surface area contributed by atoms with Gasteiger partial charge in [-0.25, -0.2) is 0 Å². The monoisotopic (exact) mass is 401 g/mol. The van der Waals surface area contributed by atoms with Gasteiger partial charge in [-0.2, -0.15) is 0 Å². The first kappa shape index (κ1) is 21.9. The van der Waals surface area contributed by atoms with Gasteiger partial charge in [0.1, 0.15) is 0 Å². The molecule has 0 aliphatic carbocycles. The van der Waals surface area contributed by atoms with Crippen LogP contribution in [0.1, 0.15) is 37.4 Å². The molecule has 1 atom stereocenters. The third kappa shape index (κ3) is 5.33. The first-order chi connectivity index (χ1) is 13.2. The SMILES string of the molecule is CNC(=O)c1cc(C)c(CC(CNC(=O)c2ccccc2Cl)N(C)C)c(C)c1. The van der Waals surface area contributed by atoms with Crippen molar-refractivity contribution >= 4 is 23.4 Å². The Labute approximate surface area is 172 Å². The standard InChI is InChI=1S/C22H28ClN3O2/c1-14-10-16(21(27)24-3)11-15(2)19(14)12-17(26(4)5)13-25-22(28)18-8-6-7-9-20(18)23/h6-11,17H,12-13H2,1-5H3,(H,24,27)(H,25,28). The summed E-state index contributed by atoms with van der Waals surface area (Å²) in [4.78, 5) is 26.5. The topological polar surface area (TPSA) is 61.4 Å². The summed E-state index contributed by atoms with van der Waals surface area (Å²) in [5.74, 6) is -0.269. The summed E-state index contributed by atoms with van der Waals surface area (Å²) in [5.41, 5.74) is 4.47. The molecule has 0 aliphatic rings. The molecule has 2 amide bonds. The molecular formula is C22H28ClN3O2. The molecule has 5 nitrogen and oxygen atoms in total. The van der Waals surface area contributed by atoms with Crippen molar-refractivity contribution in [1.29, 1.82) is 0 Å². The lowest BCUT2D eigenvalue weighted by molar-refractivity contribution is 0.0938. The second-order valence-corrected chi connectivity index (χ2v) is 7.59. The Morgan fingerprint density at radius 1 is 1.07 bits per heavy atom. The molecule has 150 valence electrons. The molecule has 28 heavy (non-hydrogen) atoms. The summed E-state index contributed by atoms with van der Waals surface area (Å²) in [7, 11) is 5.62. The van der Waals surface area contributed by atoms with Crippen LogP contribution in [0.3, 0.4) is 0 Å². The van der Waals surface area contributed by atoms with Gasteiger partial charge >= 0.3 is 0 Å². The smallest absolute Gasteiger partial charge is 0.252 e.